The van der Waals surface area contributed by atoms with Crippen molar-refractivity contribution in [1.82, 2.24) is 4.98 Å². The third kappa shape index (κ3) is 2.25. The molecule has 0 unspecified atom stereocenters. The Labute approximate surface area is 106 Å². The van der Waals surface area contributed by atoms with Crippen LogP contribution < -0.4 is 16.4 Å². The minimum absolute atomic E-state index is 0.292. The number of rotatable bonds is 5. The van der Waals surface area contributed by atoms with Crippen LogP contribution in [0.5, 0.6) is 0 Å². The quantitative estimate of drug-likeness (QED) is 0.815. The smallest absolute Gasteiger partial charge is 0.267 e. The Morgan fingerprint density at radius 2 is 2.06 bits per heavy atom. The highest BCUT2D eigenvalue weighted by Crippen LogP contribution is 2.38. The van der Waals surface area contributed by atoms with Crippen LogP contribution in [0.1, 0.15) is 36.2 Å². The molecule has 1 heterocycles. The van der Waals surface area contributed by atoms with Gasteiger partial charge in [0.2, 0.25) is 0 Å². The Morgan fingerprint density at radius 1 is 1.33 bits per heavy atom. The molecule has 0 bridgehead atoms. The second-order valence-electron chi connectivity index (χ2n) is 5.30. The second kappa shape index (κ2) is 4.15. The van der Waals surface area contributed by atoms with E-state index in [9.17, 15) is 4.79 Å². The lowest BCUT2D eigenvalue weighted by Gasteiger charge is -2.25. The van der Waals surface area contributed by atoms with Crippen LogP contribution in [0, 0.1) is 5.92 Å². The van der Waals surface area contributed by atoms with Crippen molar-refractivity contribution >= 4 is 17.4 Å². The van der Waals surface area contributed by atoms with Crippen molar-refractivity contribution in [2.75, 3.05) is 17.2 Å². The molecular weight excluding hydrogens is 228 g/mol. The van der Waals surface area contributed by atoms with Gasteiger partial charge in [0.25, 0.3) is 5.91 Å². The van der Waals surface area contributed by atoms with Crippen molar-refractivity contribution in [2.45, 2.75) is 31.7 Å². The van der Waals surface area contributed by atoms with Gasteiger partial charge in [0, 0.05) is 12.6 Å². The summed E-state index contributed by atoms with van der Waals surface area (Å²) in [4.78, 5) is 17.8. The Balaban J connectivity index is 1.90. The van der Waals surface area contributed by atoms with Gasteiger partial charge in [-0.05, 0) is 43.7 Å². The Kier molecular flexibility index (Phi) is 2.61. The van der Waals surface area contributed by atoms with Crippen molar-refractivity contribution < 1.29 is 4.79 Å². The molecule has 18 heavy (non-hydrogen) atoms. The Hall–Kier alpha value is -1.78. The van der Waals surface area contributed by atoms with Gasteiger partial charge in [0.15, 0.2) is 5.82 Å². The van der Waals surface area contributed by atoms with Gasteiger partial charge in [-0.3, -0.25) is 4.79 Å². The number of hydrogen-bond acceptors (Lipinski definition) is 4. The molecule has 1 aromatic rings. The largest absolute Gasteiger partial charge is 0.396 e. The molecule has 3 rings (SSSR count). The number of primary amides is 1. The molecule has 0 radical (unpaired) electrons. The minimum Gasteiger partial charge on any atom is -0.396 e. The maximum atomic E-state index is 11.2. The van der Waals surface area contributed by atoms with E-state index in [1.54, 1.807) is 12.1 Å². The van der Waals surface area contributed by atoms with Gasteiger partial charge in [-0.25, -0.2) is 4.98 Å². The van der Waals surface area contributed by atoms with E-state index in [0.29, 0.717) is 17.4 Å². The first kappa shape index (κ1) is 11.3. The monoisotopic (exact) mass is 246 g/mol. The maximum absolute atomic E-state index is 11.2. The maximum Gasteiger partial charge on any atom is 0.267 e. The number of nitrogens with zero attached hydrogens (tertiary/aromatic N) is 2. The highest BCUT2D eigenvalue weighted by molar-refractivity contribution is 5.92. The molecule has 2 saturated carbocycles. The van der Waals surface area contributed by atoms with Crippen LogP contribution in [0.15, 0.2) is 12.1 Å². The number of carbonyl (C=O) groups is 1. The summed E-state index contributed by atoms with van der Waals surface area (Å²) in [5.41, 5.74) is 12.2. The molecular formula is C13H18N4O. The van der Waals surface area contributed by atoms with Gasteiger partial charge in [0.1, 0.15) is 5.69 Å². The van der Waals surface area contributed by atoms with Gasteiger partial charge in [-0.15, -0.1) is 0 Å². The van der Waals surface area contributed by atoms with Crippen molar-refractivity contribution in [2.24, 2.45) is 11.7 Å². The molecule has 96 valence electrons. The summed E-state index contributed by atoms with van der Waals surface area (Å²) in [5.74, 6) is 1.00. The first-order valence-corrected chi connectivity index (χ1v) is 6.48. The van der Waals surface area contributed by atoms with Crippen molar-refractivity contribution in [3.8, 4) is 0 Å². The zero-order valence-electron chi connectivity index (χ0n) is 10.3. The van der Waals surface area contributed by atoms with E-state index in [1.807, 2.05) is 0 Å². The zero-order valence-corrected chi connectivity index (χ0v) is 10.3. The summed E-state index contributed by atoms with van der Waals surface area (Å²) in [6, 6.07) is 3.86. The molecule has 0 atom stereocenters. The Morgan fingerprint density at radius 3 is 2.61 bits per heavy atom. The van der Waals surface area contributed by atoms with Crippen LogP contribution in [0.3, 0.4) is 0 Å². The highest BCUT2D eigenvalue weighted by atomic mass is 16.1. The molecule has 1 aromatic heterocycles. The average molecular weight is 246 g/mol. The molecule has 4 N–H and O–H groups in total. The van der Waals surface area contributed by atoms with Crippen LogP contribution in [0.25, 0.3) is 0 Å². The lowest BCUT2D eigenvalue weighted by Crippen LogP contribution is -2.30. The number of nitrogens with two attached hydrogens (primary N) is 2. The van der Waals surface area contributed by atoms with Crippen LogP contribution in [-0.4, -0.2) is 23.5 Å². The highest BCUT2D eigenvalue weighted by Gasteiger charge is 2.35. The Bertz CT molecular complexity index is 480. The van der Waals surface area contributed by atoms with E-state index in [4.69, 9.17) is 11.5 Å². The number of aromatic nitrogens is 1. The van der Waals surface area contributed by atoms with Crippen LogP contribution >= 0.6 is 0 Å². The van der Waals surface area contributed by atoms with Gasteiger partial charge >= 0.3 is 0 Å². The molecule has 2 aliphatic carbocycles. The van der Waals surface area contributed by atoms with Gasteiger partial charge < -0.3 is 16.4 Å². The number of pyridine rings is 1. The van der Waals surface area contributed by atoms with Crippen LogP contribution in [0.2, 0.25) is 0 Å². The number of anilines is 2. The lowest BCUT2D eigenvalue weighted by atomic mass is 10.2. The normalized spacial score (nSPS) is 18.7. The number of hydrogen-bond donors (Lipinski definition) is 2. The number of nitrogen functional groups attached to an aromatic ring is 1. The van der Waals surface area contributed by atoms with E-state index >= 15 is 0 Å². The lowest BCUT2D eigenvalue weighted by molar-refractivity contribution is 0.0995. The number of amides is 1. The van der Waals surface area contributed by atoms with E-state index < -0.39 is 5.91 Å². The van der Waals surface area contributed by atoms with Gasteiger partial charge in [0.05, 0.1) is 5.69 Å². The second-order valence-corrected chi connectivity index (χ2v) is 5.30. The SMILES string of the molecule is NC(=O)c1ccc(N)c(N(CC2CC2)C2CC2)n1. The predicted molar refractivity (Wildman–Crippen MR) is 70.3 cm³/mol. The molecule has 0 aromatic carbocycles. The predicted octanol–water partition coefficient (Wildman–Crippen LogP) is 1.14. The van der Waals surface area contributed by atoms with Crippen molar-refractivity contribution in [3.63, 3.8) is 0 Å². The first-order chi connectivity index (χ1) is 8.65. The molecule has 5 heteroatoms. The summed E-state index contributed by atoms with van der Waals surface area (Å²) >= 11 is 0. The third-order valence-corrected chi connectivity index (χ3v) is 3.57. The fraction of sp³-hybridized carbons (Fsp3) is 0.538. The number of carbonyl (C=O) groups excluding carboxylic acids is 1. The molecule has 0 spiro atoms. The molecule has 0 aliphatic heterocycles. The van der Waals surface area contributed by atoms with E-state index in [2.05, 4.69) is 9.88 Å². The topological polar surface area (TPSA) is 85.2 Å². The summed E-state index contributed by atoms with van der Waals surface area (Å²) in [6.45, 7) is 1.00. The molecule has 0 saturated heterocycles. The molecule has 5 nitrogen and oxygen atoms in total. The summed E-state index contributed by atoms with van der Waals surface area (Å²) in [5, 5.41) is 0. The van der Waals surface area contributed by atoms with Gasteiger partial charge in [-0.2, -0.15) is 0 Å². The standard InChI is InChI=1S/C13H18N4O/c14-10-5-6-11(12(15)18)16-13(10)17(9-3-4-9)7-8-1-2-8/h5-6,8-9H,1-4,7,14H2,(H2,15,18). The molecule has 2 fully saturated rings. The third-order valence-electron chi connectivity index (χ3n) is 3.57. The van der Waals surface area contributed by atoms with E-state index in [1.165, 1.54) is 25.7 Å². The summed E-state index contributed by atoms with van der Waals surface area (Å²) < 4.78 is 0. The fourth-order valence-electron chi connectivity index (χ4n) is 2.20. The summed E-state index contributed by atoms with van der Waals surface area (Å²) in [6.07, 6.45) is 4.96. The average Bonchev–Trinajstić information content (AvgIpc) is 3.20. The van der Waals surface area contributed by atoms with E-state index in [0.717, 1.165) is 18.3 Å². The van der Waals surface area contributed by atoms with Crippen LogP contribution in [0.4, 0.5) is 11.5 Å². The zero-order chi connectivity index (χ0) is 12.7. The van der Waals surface area contributed by atoms with Crippen LogP contribution in [-0.2, 0) is 0 Å². The molecule has 1 amide bonds. The van der Waals surface area contributed by atoms with Crippen molar-refractivity contribution in [1.29, 1.82) is 0 Å². The first-order valence-electron chi connectivity index (χ1n) is 6.48. The molecule has 2 aliphatic rings. The van der Waals surface area contributed by atoms with E-state index in [-0.39, 0.29) is 0 Å². The fourth-order valence-corrected chi connectivity index (χ4v) is 2.20. The van der Waals surface area contributed by atoms with Crippen molar-refractivity contribution in [3.05, 3.63) is 17.8 Å². The minimum atomic E-state index is -0.501. The van der Waals surface area contributed by atoms with Gasteiger partial charge in [-0.1, -0.05) is 0 Å². The summed E-state index contributed by atoms with van der Waals surface area (Å²) in [7, 11) is 0.